The number of rotatable bonds is 3. The molecule has 27 heavy (non-hydrogen) atoms. The number of hydrogen-bond donors (Lipinski definition) is 1. The van der Waals surface area contributed by atoms with E-state index in [1.54, 1.807) is 42.5 Å². The van der Waals surface area contributed by atoms with Gasteiger partial charge in [0, 0.05) is 4.88 Å². The van der Waals surface area contributed by atoms with E-state index in [0.717, 1.165) is 29.7 Å². The average Bonchev–Trinajstić information content (AvgIpc) is 3.01. The monoisotopic (exact) mass is 401 g/mol. The molecule has 3 aromatic rings. The van der Waals surface area contributed by atoms with Gasteiger partial charge in [0.25, 0.3) is 5.56 Å². The number of carbonyl (C=O) groups is 1. The van der Waals surface area contributed by atoms with Gasteiger partial charge in [0.2, 0.25) is 5.91 Å². The van der Waals surface area contributed by atoms with Crippen molar-refractivity contribution in [3.8, 4) is 0 Å². The second kappa shape index (κ2) is 7.09. The first-order valence-electron chi connectivity index (χ1n) is 9.02. The number of fused-ring (bicyclic) bond motifs is 3. The number of hydrogen-bond acceptors (Lipinski definition) is 4. The molecule has 0 fully saturated rings. The van der Waals surface area contributed by atoms with Crippen LogP contribution in [0, 0.1) is 5.92 Å². The first-order chi connectivity index (χ1) is 13.0. The Morgan fingerprint density at radius 2 is 2.19 bits per heavy atom. The Kier molecular flexibility index (Phi) is 4.78. The van der Waals surface area contributed by atoms with Crippen molar-refractivity contribution >= 4 is 44.7 Å². The normalized spacial score (nSPS) is 17.5. The van der Waals surface area contributed by atoms with Crippen molar-refractivity contribution in [2.24, 2.45) is 5.92 Å². The van der Waals surface area contributed by atoms with Gasteiger partial charge in [-0.05, 0) is 49.8 Å². The van der Waals surface area contributed by atoms with E-state index in [9.17, 15) is 9.59 Å². The molecular weight excluding hydrogens is 382 g/mol. The number of carbonyl (C=O) groups excluding carboxylic acids is 1. The van der Waals surface area contributed by atoms with Crippen molar-refractivity contribution in [3.63, 3.8) is 0 Å². The largest absolute Gasteiger partial charge is 0.323 e. The Balaban J connectivity index is 1.69. The molecule has 1 N–H and O–H groups in total. The minimum Gasteiger partial charge on any atom is -0.323 e. The molecule has 140 valence electrons. The van der Waals surface area contributed by atoms with Crippen molar-refractivity contribution in [3.05, 3.63) is 56.4 Å². The highest BCUT2D eigenvalue weighted by atomic mass is 35.5. The Morgan fingerprint density at radius 1 is 1.41 bits per heavy atom. The predicted molar refractivity (Wildman–Crippen MR) is 110 cm³/mol. The molecule has 0 aliphatic heterocycles. The van der Waals surface area contributed by atoms with Gasteiger partial charge in [-0.1, -0.05) is 30.7 Å². The number of aryl methyl sites for hydroxylation is 1. The number of amides is 1. The number of nitrogens with zero attached hydrogens (tertiary/aromatic N) is 2. The van der Waals surface area contributed by atoms with Gasteiger partial charge in [0.15, 0.2) is 0 Å². The Labute approximate surface area is 166 Å². The van der Waals surface area contributed by atoms with E-state index in [2.05, 4.69) is 17.2 Å². The highest BCUT2D eigenvalue weighted by Gasteiger charge is 2.25. The van der Waals surface area contributed by atoms with Crippen LogP contribution in [-0.4, -0.2) is 15.5 Å². The topological polar surface area (TPSA) is 64.0 Å². The molecule has 0 radical (unpaired) electrons. The van der Waals surface area contributed by atoms with Gasteiger partial charge in [-0.15, -0.1) is 11.3 Å². The molecule has 4 rings (SSSR count). The summed E-state index contributed by atoms with van der Waals surface area (Å²) in [6.45, 7) is 3.93. The molecule has 0 saturated heterocycles. The van der Waals surface area contributed by atoms with Crippen molar-refractivity contribution in [2.45, 2.75) is 39.2 Å². The summed E-state index contributed by atoms with van der Waals surface area (Å²) in [5, 5.41) is 3.93. The van der Waals surface area contributed by atoms with Crippen LogP contribution in [-0.2, 0) is 17.6 Å². The molecule has 1 aliphatic carbocycles. The lowest BCUT2D eigenvalue weighted by atomic mass is 9.89. The van der Waals surface area contributed by atoms with Gasteiger partial charge in [-0.2, -0.15) is 0 Å². The maximum atomic E-state index is 13.1. The molecule has 7 heteroatoms. The summed E-state index contributed by atoms with van der Waals surface area (Å²) in [5.74, 6) is 0.331. The van der Waals surface area contributed by atoms with Crippen LogP contribution in [0.5, 0.6) is 0 Å². The number of para-hydroxylation sites is 1. The summed E-state index contributed by atoms with van der Waals surface area (Å²) >= 11 is 7.72. The van der Waals surface area contributed by atoms with Crippen LogP contribution in [0.25, 0.3) is 10.2 Å². The minimum atomic E-state index is -0.691. The Morgan fingerprint density at radius 3 is 2.96 bits per heavy atom. The number of anilines is 1. The zero-order valence-corrected chi connectivity index (χ0v) is 16.7. The zero-order valence-electron chi connectivity index (χ0n) is 15.2. The van der Waals surface area contributed by atoms with Gasteiger partial charge in [0.1, 0.15) is 10.9 Å². The third-order valence-electron chi connectivity index (χ3n) is 5.17. The number of halogens is 1. The second-order valence-corrected chi connectivity index (χ2v) is 8.62. The first kappa shape index (κ1) is 18.2. The van der Waals surface area contributed by atoms with Crippen LogP contribution < -0.4 is 10.9 Å². The van der Waals surface area contributed by atoms with Crippen molar-refractivity contribution in [1.29, 1.82) is 0 Å². The number of thiophene rings is 1. The summed E-state index contributed by atoms with van der Waals surface area (Å²) in [4.78, 5) is 32.3. The fraction of sp³-hybridized carbons (Fsp3) is 0.350. The fourth-order valence-electron chi connectivity index (χ4n) is 3.55. The lowest BCUT2D eigenvalue weighted by molar-refractivity contribution is -0.118. The lowest BCUT2D eigenvalue weighted by Gasteiger charge is -2.18. The van der Waals surface area contributed by atoms with Crippen LogP contribution in [0.2, 0.25) is 5.02 Å². The van der Waals surface area contributed by atoms with Gasteiger partial charge < -0.3 is 5.32 Å². The third kappa shape index (κ3) is 3.28. The molecule has 2 aromatic heterocycles. The van der Waals surface area contributed by atoms with E-state index in [-0.39, 0.29) is 11.5 Å². The molecule has 0 bridgehead atoms. The number of aromatic nitrogens is 2. The van der Waals surface area contributed by atoms with Gasteiger partial charge in [-0.3, -0.25) is 14.2 Å². The quantitative estimate of drug-likeness (QED) is 0.705. The smallest absolute Gasteiger partial charge is 0.263 e. The highest BCUT2D eigenvalue weighted by molar-refractivity contribution is 7.18. The average molecular weight is 402 g/mol. The summed E-state index contributed by atoms with van der Waals surface area (Å²) in [6, 6.07) is 6.34. The van der Waals surface area contributed by atoms with Gasteiger partial charge in [0.05, 0.1) is 22.4 Å². The Hall–Kier alpha value is -2.18. The van der Waals surface area contributed by atoms with E-state index >= 15 is 0 Å². The van der Waals surface area contributed by atoms with Crippen LogP contribution in [0.4, 0.5) is 5.69 Å². The van der Waals surface area contributed by atoms with Gasteiger partial charge in [-0.25, -0.2) is 4.98 Å². The summed E-state index contributed by atoms with van der Waals surface area (Å²) in [7, 11) is 0. The summed E-state index contributed by atoms with van der Waals surface area (Å²) < 4.78 is 1.42. The maximum absolute atomic E-state index is 13.1. The molecule has 5 nitrogen and oxygen atoms in total. The Bertz CT molecular complexity index is 1090. The van der Waals surface area contributed by atoms with Gasteiger partial charge >= 0.3 is 0 Å². The molecule has 0 saturated carbocycles. The molecule has 2 atom stereocenters. The zero-order chi connectivity index (χ0) is 19.1. The van der Waals surface area contributed by atoms with Crippen LogP contribution >= 0.6 is 22.9 Å². The molecule has 1 aromatic carbocycles. The van der Waals surface area contributed by atoms with E-state index < -0.39 is 6.04 Å². The molecule has 2 heterocycles. The standard InChI is InChI=1S/C20H20ClN3O2S/c1-11-7-8-13-16(9-11)27-19-17(13)20(26)24(10-22-19)12(2)18(25)23-15-6-4-3-5-14(15)21/h3-6,10-12H,7-9H2,1-2H3,(H,23,25)/t11-,12+/m0/s1. The number of nitrogens with one attached hydrogen (secondary N) is 1. The molecule has 0 unspecified atom stereocenters. The van der Waals surface area contributed by atoms with Crippen molar-refractivity contribution < 1.29 is 4.79 Å². The van der Waals surface area contributed by atoms with Crippen LogP contribution in [0.1, 0.15) is 36.8 Å². The lowest BCUT2D eigenvalue weighted by Crippen LogP contribution is -2.32. The van der Waals surface area contributed by atoms with E-state index in [4.69, 9.17) is 11.6 Å². The van der Waals surface area contributed by atoms with E-state index in [1.807, 2.05) is 0 Å². The van der Waals surface area contributed by atoms with Crippen molar-refractivity contribution in [2.75, 3.05) is 5.32 Å². The molecule has 1 amide bonds. The third-order valence-corrected chi connectivity index (χ3v) is 6.66. The summed E-state index contributed by atoms with van der Waals surface area (Å²) in [5.41, 5.74) is 1.51. The van der Waals surface area contributed by atoms with E-state index in [1.165, 1.54) is 15.8 Å². The second-order valence-electron chi connectivity index (χ2n) is 7.13. The predicted octanol–water partition coefficient (Wildman–Crippen LogP) is 4.44. The number of benzene rings is 1. The van der Waals surface area contributed by atoms with Crippen molar-refractivity contribution in [1.82, 2.24) is 9.55 Å². The molecule has 1 aliphatic rings. The molecule has 0 spiro atoms. The minimum absolute atomic E-state index is 0.145. The maximum Gasteiger partial charge on any atom is 0.263 e. The first-order valence-corrected chi connectivity index (χ1v) is 10.2. The summed E-state index contributed by atoms with van der Waals surface area (Å²) in [6.07, 6.45) is 4.46. The molecular formula is C20H20ClN3O2S. The van der Waals surface area contributed by atoms with Crippen LogP contribution in [0.3, 0.4) is 0 Å². The highest BCUT2D eigenvalue weighted by Crippen LogP contribution is 2.35. The van der Waals surface area contributed by atoms with E-state index in [0.29, 0.717) is 22.0 Å². The SMILES string of the molecule is C[C@H]1CCc2c(sc3ncn([C@H](C)C(=O)Nc4ccccc4Cl)c(=O)c23)C1. The fourth-order valence-corrected chi connectivity index (χ4v) is 5.07. The van der Waals surface area contributed by atoms with Crippen LogP contribution in [0.15, 0.2) is 35.4 Å².